The van der Waals surface area contributed by atoms with Crippen LogP contribution in [0.1, 0.15) is 138 Å². The van der Waals surface area contributed by atoms with Gasteiger partial charge in [-0.05, 0) is 176 Å². The Balaban J connectivity index is 0.000000160. The van der Waals surface area contributed by atoms with Gasteiger partial charge in [0.05, 0.1) is 6.61 Å². The maximum atomic E-state index is 11.9. The summed E-state index contributed by atoms with van der Waals surface area (Å²) in [5.74, 6) is 7.17. The number of allylic oxidation sites excluding steroid dienone is 5. The number of rotatable bonds is 5. The number of ether oxygens (including phenoxy) is 1. The largest absolute Gasteiger partial charge is 0.466 e. The SMILES string of the molecule is CC(=O)OC[C@@H](C)C1CCC2C3C=CC4=CC(=O)CC[C@]4(C)C3CC[C@@]21C.C[C@H](CO)C1CCC2C3CCC4=CC(=O)CC[C@]4(C)C3CC[C@@]21C. The van der Waals surface area contributed by atoms with Crippen molar-refractivity contribution in [1.29, 1.82) is 0 Å². The molecule has 8 aliphatic rings. The van der Waals surface area contributed by atoms with Crippen molar-refractivity contribution in [3.05, 3.63) is 35.5 Å². The number of carbonyl (C=O) groups is 3. The minimum Gasteiger partial charge on any atom is -0.466 e. The fraction of sp³-hybridized carbons (Fsp3) is 0.804. The van der Waals surface area contributed by atoms with Gasteiger partial charge in [0, 0.05) is 26.4 Å². The summed E-state index contributed by atoms with van der Waals surface area (Å²) in [6, 6.07) is 0. The molecule has 1 N–H and O–H groups in total. The van der Waals surface area contributed by atoms with Gasteiger partial charge in [-0.25, -0.2) is 0 Å². The third-order valence-corrected chi connectivity index (χ3v) is 17.8. The first-order valence-corrected chi connectivity index (χ1v) is 21.1. The number of fused-ring (bicyclic) bond motifs is 10. The average Bonchev–Trinajstić information content (AvgIpc) is 3.64. The third kappa shape index (κ3) is 6.10. The molecule has 0 aromatic heterocycles. The highest BCUT2D eigenvalue weighted by Crippen LogP contribution is 2.68. The predicted molar refractivity (Wildman–Crippen MR) is 202 cm³/mol. The molecule has 282 valence electrons. The second-order valence-corrected chi connectivity index (χ2v) is 20.0. The van der Waals surface area contributed by atoms with Crippen LogP contribution in [0.15, 0.2) is 35.5 Å². The number of hydrogen-bond acceptors (Lipinski definition) is 5. The van der Waals surface area contributed by atoms with Gasteiger partial charge < -0.3 is 9.84 Å². The van der Waals surface area contributed by atoms with Gasteiger partial charge in [-0.3, -0.25) is 14.4 Å². The quantitative estimate of drug-likeness (QED) is 0.289. The van der Waals surface area contributed by atoms with E-state index in [-0.39, 0.29) is 11.4 Å². The topological polar surface area (TPSA) is 80.7 Å². The summed E-state index contributed by atoms with van der Waals surface area (Å²) >= 11 is 0. The number of hydrogen-bond donors (Lipinski definition) is 1. The van der Waals surface area contributed by atoms with Crippen LogP contribution in [0, 0.1) is 80.8 Å². The predicted octanol–water partition coefficient (Wildman–Crippen LogP) is 9.87. The van der Waals surface area contributed by atoms with Crippen LogP contribution in [0.4, 0.5) is 0 Å². The van der Waals surface area contributed by atoms with E-state index in [0.29, 0.717) is 88.9 Å². The lowest BCUT2D eigenvalue weighted by molar-refractivity contribution is -0.143. The van der Waals surface area contributed by atoms with Gasteiger partial charge in [0.25, 0.3) is 0 Å². The van der Waals surface area contributed by atoms with Crippen LogP contribution in [0.3, 0.4) is 0 Å². The molecular formula is C46H68O5. The van der Waals surface area contributed by atoms with Crippen molar-refractivity contribution in [1.82, 2.24) is 0 Å². The molecule has 51 heavy (non-hydrogen) atoms. The van der Waals surface area contributed by atoms with E-state index in [1.165, 1.54) is 75.9 Å². The molecule has 0 heterocycles. The molecule has 14 atom stereocenters. The summed E-state index contributed by atoms with van der Waals surface area (Å²) in [5, 5.41) is 9.71. The molecule has 0 amide bonds. The maximum Gasteiger partial charge on any atom is 0.302 e. The van der Waals surface area contributed by atoms with E-state index in [0.717, 1.165) is 43.4 Å². The van der Waals surface area contributed by atoms with Crippen LogP contribution in [0.25, 0.3) is 0 Å². The Morgan fingerprint density at radius 3 is 2.04 bits per heavy atom. The van der Waals surface area contributed by atoms with Crippen LogP contribution in [0.5, 0.6) is 0 Å². The van der Waals surface area contributed by atoms with E-state index < -0.39 is 0 Å². The highest BCUT2D eigenvalue weighted by atomic mass is 16.5. The maximum absolute atomic E-state index is 11.9. The van der Waals surface area contributed by atoms with Crippen molar-refractivity contribution in [2.24, 2.45) is 80.8 Å². The van der Waals surface area contributed by atoms with Crippen molar-refractivity contribution < 1.29 is 24.2 Å². The van der Waals surface area contributed by atoms with Gasteiger partial charge in [-0.2, -0.15) is 0 Å². The van der Waals surface area contributed by atoms with Crippen molar-refractivity contribution in [2.45, 2.75) is 138 Å². The molecule has 0 spiro atoms. The highest BCUT2D eigenvalue weighted by Gasteiger charge is 2.60. The Morgan fingerprint density at radius 2 is 1.35 bits per heavy atom. The lowest BCUT2D eigenvalue weighted by atomic mass is 9.46. The zero-order valence-corrected chi connectivity index (χ0v) is 33.0. The average molecular weight is 701 g/mol. The molecule has 0 aromatic rings. The van der Waals surface area contributed by atoms with Crippen LogP contribution in [0.2, 0.25) is 0 Å². The minimum absolute atomic E-state index is 0.167. The minimum atomic E-state index is -0.167. The summed E-state index contributed by atoms with van der Waals surface area (Å²) < 4.78 is 5.35. The van der Waals surface area contributed by atoms with Gasteiger partial charge >= 0.3 is 5.97 Å². The molecular weight excluding hydrogens is 633 g/mol. The van der Waals surface area contributed by atoms with Crippen molar-refractivity contribution in [3.8, 4) is 0 Å². The molecule has 8 unspecified atom stereocenters. The second-order valence-electron chi connectivity index (χ2n) is 20.0. The standard InChI is InChI=1S/C24H34O3.C22H34O2/c1-15(14-27-16(2)25)20-7-8-21-19-6-5-17-13-18(26)9-11-23(17,3)22(19)10-12-24(20,21)4;1-14(13-23)18-6-7-19-17-5-4-15-12-16(24)8-10-21(15,2)20(17)9-11-22(18,19)3/h5-6,13,15,19-22H,7-12,14H2,1-4H3;12,14,17-20,23H,4-11,13H2,1-3H3/t15-,19?,20?,21?,22?,23+,24-;14-,17?,18?,19?,20?,21+,22-/m11/s1. The monoisotopic (exact) mass is 701 g/mol. The molecule has 5 fully saturated rings. The van der Waals surface area contributed by atoms with Crippen molar-refractivity contribution >= 4 is 17.5 Å². The lowest BCUT2D eigenvalue weighted by Crippen LogP contribution is -2.51. The summed E-state index contributed by atoms with van der Waals surface area (Å²) in [6.07, 6.45) is 25.0. The molecule has 5 heteroatoms. The van der Waals surface area contributed by atoms with Gasteiger partial charge in [0.2, 0.25) is 0 Å². The van der Waals surface area contributed by atoms with Crippen LogP contribution < -0.4 is 0 Å². The molecule has 5 saturated carbocycles. The summed E-state index contributed by atoms with van der Waals surface area (Å²) in [4.78, 5) is 35.1. The van der Waals surface area contributed by atoms with Gasteiger partial charge in [-0.1, -0.05) is 59.3 Å². The Bertz CT molecular complexity index is 1490. The van der Waals surface area contributed by atoms with Crippen molar-refractivity contribution in [3.63, 3.8) is 0 Å². The second kappa shape index (κ2) is 13.7. The van der Waals surface area contributed by atoms with Crippen molar-refractivity contribution in [2.75, 3.05) is 13.2 Å². The van der Waals surface area contributed by atoms with Gasteiger partial charge in [-0.15, -0.1) is 0 Å². The summed E-state index contributed by atoms with van der Waals surface area (Å²) in [5.41, 5.74) is 4.00. The highest BCUT2D eigenvalue weighted by molar-refractivity contribution is 5.92. The van der Waals surface area contributed by atoms with Gasteiger partial charge in [0.1, 0.15) is 0 Å². The molecule has 0 radical (unpaired) electrons. The first kappa shape index (κ1) is 37.3. The summed E-state index contributed by atoms with van der Waals surface area (Å²) in [6.45, 7) is 16.8. The fourth-order valence-electron chi connectivity index (χ4n) is 15.0. The van der Waals surface area contributed by atoms with E-state index in [2.05, 4.69) is 53.7 Å². The molecule has 8 rings (SSSR count). The Hall–Kier alpha value is -2.01. The Morgan fingerprint density at radius 1 is 0.745 bits per heavy atom. The fourth-order valence-corrected chi connectivity index (χ4v) is 15.0. The summed E-state index contributed by atoms with van der Waals surface area (Å²) in [7, 11) is 0. The molecule has 0 aliphatic heterocycles. The Kier molecular flexibility index (Phi) is 10.0. The van der Waals surface area contributed by atoms with Crippen LogP contribution in [-0.4, -0.2) is 35.9 Å². The number of aliphatic hydroxyl groups excluding tert-OH is 1. The first-order valence-electron chi connectivity index (χ1n) is 21.1. The van der Waals surface area contributed by atoms with Gasteiger partial charge in [0.15, 0.2) is 11.6 Å². The molecule has 0 bridgehead atoms. The zero-order chi connectivity index (χ0) is 36.5. The van der Waals surface area contributed by atoms with E-state index >= 15 is 0 Å². The van der Waals surface area contributed by atoms with E-state index in [1.54, 1.807) is 0 Å². The lowest BCUT2D eigenvalue weighted by Gasteiger charge is -2.58. The first-order chi connectivity index (χ1) is 24.2. The molecule has 5 nitrogen and oxygen atoms in total. The number of esters is 1. The van der Waals surface area contributed by atoms with Crippen LogP contribution >= 0.6 is 0 Å². The molecule has 0 saturated heterocycles. The number of ketones is 2. The Labute approximate surface area is 308 Å². The third-order valence-electron chi connectivity index (χ3n) is 17.8. The van der Waals surface area contributed by atoms with Crippen LogP contribution in [-0.2, 0) is 19.1 Å². The zero-order valence-electron chi connectivity index (χ0n) is 33.0. The molecule has 8 aliphatic carbocycles. The number of carbonyl (C=O) groups excluding carboxylic acids is 3. The van der Waals surface area contributed by atoms with E-state index in [1.807, 2.05) is 12.2 Å². The number of aliphatic hydroxyl groups is 1. The smallest absolute Gasteiger partial charge is 0.302 e. The molecule has 0 aromatic carbocycles. The van der Waals surface area contributed by atoms with E-state index in [4.69, 9.17) is 4.74 Å². The normalized spacial score (nSPS) is 46.4. The van der Waals surface area contributed by atoms with E-state index in [9.17, 15) is 19.5 Å².